The van der Waals surface area contributed by atoms with Crippen LogP contribution < -0.4 is 4.90 Å². The monoisotopic (exact) mass is 992 g/mol. The van der Waals surface area contributed by atoms with E-state index in [4.69, 9.17) is 9.40 Å². The number of allylic oxidation sites excluding steroid dienone is 2. The van der Waals surface area contributed by atoms with Gasteiger partial charge in [-0.15, -0.1) is 0 Å². The Bertz CT molecular complexity index is 4420. The van der Waals surface area contributed by atoms with Gasteiger partial charge in [0.1, 0.15) is 11.2 Å². The van der Waals surface area contributed by atoms with Gasteiger partial charge in [-0.2, -0.15) is 0 Å². The number of rotatable bonds is 4. The first-order valence-corrected chi connectivity index (χ1v) is 28.2. The van der Waals surface area contributed by atoms with Crippen LogP contribution in [0.5, 0.6) is 0 Å². The van der Waals surface area contributed by atoms with Gasteiger partial charge in [0, 0.05) is 61.1 Å². The van der Waals surface area contributed by atoms with E-state index in [-0.39, 0.29) is 27.7 Å². The molecule has 372 valence electrons. The van der Waals surface area contributed by atoms with Crippen LogP contribution in [0.15, 0.2) is 186 Å². The highest BCUT2D eigenvalue weighted by atomic mass is 16.3. The molecule has 2 aromatic heterocycles. The van der Waals surface area contributed by atoms with E-state index in [1.54, 1.807) is 0 Å². The number of furan rings is 1. The van der Waals surface area contributed by atoms with Gasteiger partial charge in [-0.25, -0.2) is 0 Å². The summed E-state index contributed by atoms with van der Waals surface area (Å²) in [5, 5.41) is 2.43. The second kappa shape index (κ2) is 14.5. The molecule has 17 rings (SSSR count). The van der Waals surface area contributed by atoms with Gasteiger partial charge in [0.25, 0.3) is 0 Å². The number of anilines is 2. The number of pyridine rings is 1. The van der Waals surface area contributed by atoms with Crippen molar-refractivity contribution in [1.82, 2.24) is 4.98 Å². The Hall–Kier alpha value is -8.01. The molecule has 2 heterocycles. The summed E-state index contributed by atoms with van der Waals surface area (Å²) in [5.41, 5.74) is 33.7. The third-order valence-corrected chi connectivity index (χ3v) is 20.3. The fourth-order valence-electron chi connectivity index (χ4n) is 16.6. The molecule has 1 saturated carbocycles. The van der Waals surface area contributed by atoms with E-state index in [1.807, 2.05) is 12.3 Å². The van der Waals surface area contributed by atoms with Crippen LogP contribution in [0.1, 0.15) is 136 Å². The van der Waals surface area contributed by atoms with E-state index in [0.29, 0.717) is 11.8 Å². The van der Waals surface area contributed by atoms with E-state index in [2.05, 4.69) is 224 Å². The number of hydrogen-bond acceptors (Lipinski definition) is 3. The predicted octanol–water partition coefficient (Wildman–Crippen LogP) is 19.0. The molecule has 7 aliphatic rings. The highest BCUT2D eigenvalue weighted by Gasteiger charge is 2.53. The van der Waals surface area contributed by atoms with Crippen LogP contribution in [0.3, 0.4) is 0 Å². The molecule has 0 amide bonds. The van der Waals surface area contributed by atoms with Crippen molar-refractivity contribution in [3.8, 4) is 55.8 Å². The van der Waals surface area contributed by atoms with Crippen LogP contribution in [0.4, 0.5) is 11.4 Å². The maximum absolute atomic E-state index is 7.14. The lowest BCUT2D eigenvalue weighted by atomic mass is 9.72. The molecule has 0 radical (unpaired) electrons. The molecule has 1 fully saturated rings. The van der Waals surface area contributed by atoms with Crippen molar-refractivity contribution in [2.75, 3.05) is 4.90 Å². The van der Waals surface area contributed by atoms with Gasteiger partial charge in [-0.1, -0.05) is 177 Å². The van der Waals surface area contributed by atoms with Gasteiger partial charge in [0.05, 0.1) is 11.7 Å². The van der Waals surface area contributed by atoms with Gasteiger partial charge in [-0.05, 0) is 179 Å². The SMILES string of the molecule is CC1(C)C2=CC(N(c3ccc4c(c3)C(C)(C)c3ccccc3-4)c3ccc4c(c3)C(C)(C)c3c5c(c6c(oc7ccccc76)c3-4)-c3ccccc3C5(C)C)CC=C2c2c1cc(-c1ccccn1)c1c2-c2ccccc2C2CC12. The topological polar surface area (TPSA) is 29.3 Å². The minimum absolute atomic E-state index is 0.0446. The van der Waals surface area contributed by atoms with Crippen molar-refractivity contribution >= 4 is 38.9 Å². The summed E-state index contributed by atoms with van der Waals surface area (Å²) in [7, 11) is 0. The highest BCUT2D eigenvalue weighted by Crippen LogP contribution is 2.69. The van der Waals surface area contributed by atoms with Crippen molar-refractivity contribution < 1.29 is 4.42 Å². The third kappa shape index (κ3) is 5.45. The minimum Gasteiger partial charge on any atom is -0.455 e. The second-order valence-corrected chi connectivity index (χ2v) is 25.6. The number of benzene rings is 8. The number of fused-ring (bicyclic) bond motifs is 25. The maximum atomic E-state index is 7.14. The van der Waals surface area contributed by atoms with Crippen molar-refractivity contribution in [1.29, 1.82) is 0 Å². The standard InChI is InChI=1S/C74H60N2O/c1-71(2)54-24-14-11-20-44(54)45-31-28-40(35-56(45)71)76(41-29-32-48-57(36-41)72(3,4)59-39-53(60-26-17-18-34-75-60)62-52-38-51(52)43-19-9-10-21-46(43)64(62)63(48)59)42-30-33-49-58(37-42)74(7,8)69-67(49)70-66(50-23-13-16-27-61(50)77-70)65-47-22-12-15-25-55(47)73(5,6)68(65)69/h9-28,30-37,39,41,51-52H,29,38H2,1-8H3. The maximum Gasteiger partial charge on any atom is 0.144 e. The number of nitrogens with zero attached hydrogens (tertiary/aromatic N) is 2. The molecular formula is C74H60N2O. The lowest BCUT2D eigenvalue weighted by Crippen LogP contribution is -2.33. The normalized spacial score (nSPS) is 20.8. The van der Waals surface area contributed by atoms with Crippen LogP contribution in [0.25, 0.3) is 83.3 Å². The van der Waals surface area contributed by atoms with Crippen LogP contribution >= 0.6 is 0 Å². The molecule has 10 aromatic rings. The molecular weight excluding hydrogens is 933 g/mol. The second-order valence-electron chi connectivity index (χ2n) is 25.6. The van der Waals surface area contributed by atoms with Gasteiger partial charge in [-0.3, -0.25) is 4.98 Å². The third-order valence-electron chi connectivity index (χ3n) is 20.3. The molecule has 8 aromatic carbocycles. The fourth-order valence-corrected chi connectivity index (χ4v) is 16.6. The lowest BCUT2D eigenvalue weighted by molar-refractivity contribution is 0.600. The highest BCUT2D eigenvalue weighted by molar-refractivity contribution is 6.21. The van der Waals surface area contributed by atoms with Crippen molar-refractivity contribution in [3.05, 3.63) is 237 Å². The van der Waals surface area contributed by atoms with Crippen molar-refractivity contribution in [3.63, 3.8) is 0 Å². The average Bonchev–Trinajstić information content (AvgIpc) is 4.11. The molecule has 3 heteroatoms. The largest absolute Gasteiger partial charge is 0.455 e. The summed E-state index contributed by atoms with van der Waals surface area (Å²) in [4.78, 5) is 7.75. The molecule has 7 aliphatic carbocycles. The Morgan fingerprint density at radius 3 is 1.90 bits per heavy atom. The van der Waals surface area contributed by atoms with Gasteiger partial charge >= 0.3 is 0 Å². The van der Waals surface area contributed by atoms with Crippen molar-refractivity contribution in [2.24, 2.45) is 0 Å². The quantitative estimate of drug-likeness (QED) is 0.176. The zero-order chi connectivity index (χ0) is 51.8. The van der Waals surface area contributed by atoms with Gasteiger partial charge in [0.2, 0.25) is 0 Å². The molecule has 0 aliphatic heterocycles. The summed E-state index contributed by atoms with van der Waals surface area (Å²) in [6.07, 6.45) is 9.35. The smallest absolute Gasteiger partial charge is 0.144 e. The van der Waals surface area contributed by atoms with Crippen LogP contribution in [0, 0.1) is 0 Å². The zero-order valence-corrected chi connectivity index (χ0v) is 45.2. The van der Waals surface area contributed by atoms with Crippen molar-refractivity contribution in [2.45, 2.75) is 108 Å². The van der Waals surface area contributed by atoms with E-state index in [0.717, 1.165) is 23.3 Å². The fraction of sp³-hybridized carbons (Fsp3) is 0.230. The number of hydrogen-bond donors (Lipinski definition) is 0. The molecule has 3 nitrogen and oxygen atoms in total. The van der Waals surface area contributed by atoms with Crippen LogP contribution in [-0.4, -0.2) is 11.0 Å². The Morgan fingerprint density at radius 2 is 1.12 bits per heavy atom. The summed E-state index contributed by atoms with van der Waals surface area (Å²) in [6.45, 7) is 19.6. The minimum atomic E-state index is -0.334. The Kier molecular flexibility index (Phi) is 8.32. The van der Waals surface area contributed by atoms with E-state index >= 15 is 0 Å². The van der Waals surface area contributed by atoms with E-state index in [1.165, 1.54) is 145 Å². The zero-order valence-electron chi connectivity index (χ0n) is 45.2. The summed E-state index contributed by atoms with van der Waals surface area (Å²) >= 11 is 0. The van der Waals surface area contributed by atoms with Gasteiger partial charge in [0.15, 0.2) is 0 Å². The molecule has 0 bridgehead atoms. The van der Waals surface area contributed by atoms with Crippen LogP contribution in [-0.2, 0) is 21.7 Å². The Labute approximate surface area is 451 Å². The lowest BCUT2D eigenvalue weighted by Gasteiger charge is -2.37. The molecule has 0 N–H and O–H groups in total. The molecule has 0 saturated heterocycles. The molecule has 77 heavy (non-hydrogen) atoms. The molecule has 0 spiro atoms. The Morgan fingerprint density at radius 1 is 0.494 bits per heavy atom. The molecule has 3 atom stereocenters. The van der Waals surface area contributed by atoms with E-state index in [9.17, 15) is 0 Å². The average molecular weight is 993 g/mol. The summed E-state index contributed by atoms with van der Waals surface area (Å²) in [5.74, 6) is 1.09. The summed E-state index contributed by atoms with van der Waals surface area (Å²) in [6, 6.07) is 60.0. The summed E-state index contributed by atoms with van der Waals surface area (Å²) < 4.78 is 7.14. The van der Waals surface area contributed by atoms with Gasteiger partial charge < -0.3 is 9.32 Å². The number of aromatic nitrogens is 1. The first-order valence-electron chi connectivity index (χ1n) is 28.2. The first kappa shape index (κ1) is 44.2. The van der Waals surface area contributed by atoms with Crippen LogP contribution in [0.2, 0.25) is 0 Å². The van der Waals surface area contributed by atoms with E-state index < -0.39 is 0 Å². The predicted molar refractivity (Wildman–Crippen MR) is 318 cm³/mol. The number of para-hydroxylation sites is 1. The Balaban J connectivity index is 0.876. The first-order chi connectivity index (χ1) is 37.2. The molecule has 3 unspecified atom stereocenters.